The second kappa shape index (κ2) is 7.53. The molecule has 7 nitrogen and oxygen atoms in total. The van der Waals surface area contributed by atoms with Gasteiger partial charge in [0.1, 0.15) is 6.61 Å². The van der Waals surface area contributed by atoms with Crippen molar-refractivity contribution in [1.29, 1.82) is 0 Å². The zero-order valence-electron chi connectivity index (χ0n) is 13.3. The van der Waals surface area contributed by atoms with Crippen molar-refractivity contribution >= 4 is 11.9 Å². The van der Waals surface area contributed by atoms with Crippen molar-refractivity contribution in [3.63, 3.8) is 0 Å². The van der Waals surface area contributed by atoms with Crippen molar-refractivity contribution in [3.05, 3.63) is 24.3 Å². The third-order valence-corrected chi connectivity index (χ3v) is 4.27. The number of benzene rings is 1. The van der Waals surface area contributed by atoms with Crippen molar-refractivity contribution in [2.45, 2.75) is 31.4 Å². The lowest BCUT2D eigenvalue weighted by atomic mass is 10.1. The summed E-state index contributed by atoms with van der Waals surface area (Å²) in [6.07, 6.45) is 0.565. The van der Waals surface area contributed by atoms with E-state index in [2.05, 4.69) is 0 Å². The van der Waals surface area contributed by atoms with Gasteiger partial charge in [-0.15, -0.1) is 0 Å². The largest absolute Gasteiger partial charge is 0.485 e. The first-order chi connectivity index (χ1) is 11.6. The monoisotopic (exact) mass is 335 g/mol. The molecule has 0 bridgehead atoms. The summed E-state index contributed by atoms with van der Waals surface area (Å²) in [5.74, 6) is 0.000588. The maximum Gasteiger partial charge on any atom is 0.305 e. The number of fused-ring (bicyclic) bond motifs is 1. The molecule has 2 heterocycles. The molecule has 3 rings (SSSR count). The zero-order valence-corrected chi connectivity index (χ0v) is 13.3. The number of hydrogen-bond donors (Lipinski definition) is 1. The standard InChI is InChI=1S/C17H21NO6/c19-16(20)5-8-18(12-6-9-22-10-7-12)17(21)15-11-23-13-3-1-2-4-14(13)24-15/h1-4,12,15H,5-11H2,(H,19,20). The maximum absolute atomic E-state index is 12.9. The van der Waals surface area contributed by atoms with Crippen LogP contribution in [0, 0.1) is 0 Å². The summed E-state index contributed by atoms with van der Waals surface area (Å²) in [5, 5.41) is 8.96. The molecule has 7 heteroatoms. The summed E-state index contributed by atoms with van der Waals surface area (Å²) in [5.41, 5.74) is 0. The number of carbonyl (C=O) groups excluding carboxylic acids is 1. The van der Waals surface area contributed by atoms with Gasteiger partial charge in [-0.1, -0.05) is 12.1 Å². The minimum absolute atomic E-state index is 0.0219. The molecule has 1 atom stereocenters. The van der Waals surface area contributed by atoms with Crippen molar-refractivity contribution in [3.8, 4) is 11.5 Å². The molecule has 0 aromatic heterocycles. The summed E-state index contributed by atoms with van der Waals surface area (Å²) in [4.78, 5) is 25.5. The fourth-order valence-corrected chi connectivity index (χ4v) is 3.01. The van der Waals surface area contributed by atoms with E-state index < -0.39 is 12.1 Å². The molecule has 24 heavy (non-hydrogen) atoms. The van der Waals surface area contributed by atoms with E-state index in [1.165, 1.54) is 0 Å². The molecule has 0 spiro atoms. The molecule has 2 aliphatic heterocycles. The lowest BCUT2D eigenvalue weighted by molar-refractivity contribution is -0.147. The first kappa shape index (κ1) is 16.6. The Labute approximate surface area is 140 Å². The average molecular weight is 335 g/mol. The van der Waals surface area contributed by atoms with Crippen molar-refractivity contribution < 1.29 is 28.9 Å². The van der Waals surface area contributed by atoms with E-state index in [1.807, 2.05) is 12.1 Å². The van der Waals surface area contributed by atoms with Crippen LogP contribution in [0.15, 0.2) is 24.3 Å². The predicted octanol–water partition coefficient (Wildman–Crippen LogP) is 1.31. The molecule has 0 aliphatic carbocycles. The Balaban J connectivity index is 1.71. The van der Waals surface area contributed by atoms with Gasteiger partial charge in [0, 0.05) is 25.8 Å². The molecule has 2 aliphatic rings. The van der Waals surface area contributed by atoms with Gasteiger partial charge in [-0.2, -0.15) is 0 Å². The molecule has 1 fully saturated rings. The van der Waals surface area contributed by atoms with Gasteiger partial charge in [0.05, 0.1) is 6.42 Å². The Bertz CT molecular complexity index is 598. The Morgan fingerprint density at radius 3 is 2.58 bits per heavy atom. The van der Waals surface area contributed by atoms with Gasteiger partial charge >= 0.3 is 5.97 Å². The molecule has 1 N–H and O–H groups in total. The highest BCUT2D eigenvalue weighted by atomic mass is 16.6. The Morgan fingerprint density at radius 1 is 1.17 bits per heavy atom. The summed E-state index contributed by atoms with van der Waals surface area (Å²) in [7, 11) is 0. The Hall–Kier alpha value is -2.28. The van der Waals surface area contributed by atoms with Crippen LogP contribution in [0.5, 0.6) is 11.5 Å². The second-order valence-electron chi connectivity index (χ2n) is 5.88. The molecule has 1 aromatic rings. The normalized spacial score (nSPS) is 20.4. The lowest BCUT2D eigenvalue weighted by Crippen LogP contribution is -2.52. The van der Waals surface area contributed by atoms with Crippen molar-refractivity contribution in [2.75, 3.05) is 26.4 Å². The number of ether oxygens (including phenoxy) is 3. The Morgan fingerprint density at radius 2 is 1.88 bits per heavy atom. The number of amides is 1. The summed E-state index contributed by atoms with van der Waals surface area (Å²) in [6.45, 7) is 1.45. The highest BCUT2D eigenvalue weighted by Crippen LogP contribution is 2.31. The fourth-order valence-electron chi connectivity index (χ4n) is 3.01. The second-order valence-corrected chi connectivity index (χ2v) is 5.88. The van der Waals surface area contributed by atoms with Gasteiger partial charge in [-0.3, -0.25) is 9.59 Å². The molecule has 0 radical (unpaired) electrons. The van der Waals surface area contributed by atoms with Gasteiger partial charge in [-0.25, -0.2) is 0 Å². The van der Waals surface area contributed by atoms with Crippen LogP contribution in [0.3, 0.4) is 0 Å². The highest BCUT2D eigenvalue weighted by molar-refractivity contribution is 5.82. The van der Waals surface area contributed by atoms with Crippen LogP contribution >= 0.6 is 0 Å². The molecule has 1 saturated heterocycles. The van der Waals surface area contributed by atoms with E-state index in [4.69, 9.17) is 19.3 Å². The van der Waals surface area contributed by atoms with Crippen LogP contribution in [0.1, 0.15) is 19.3 Å². The quantitative estimate of drug-likeness (QED) is 0.873. The minimum atomic E-state index is -0.925. The molecule has 1 unspecified atom stereocenters. The first-order valence-corrected chi connectivity index (χ1v) is 8.13. The SMILES string of the molecule is O=C(O)CCN(C(=O)C1COc2ccccc2O1)C1CCOCC1. The van der Waals surface area contributed by atoms with Crippen LogP contribution < -0.4 is 9.47 Å². The van der Waals surface area contributed by atoms with Crippen molar-refractivity contribution in [2.24, 2.45) is 0 Å². The fraction of sp³-hybridized carbons (Fsp3) is 0.529. The average Bonchev–Trinajstić information content (AvgIpc) is 2.62. The number of para-hydroxylation sites is 2. The van der Waals surface area contributed by atoms with E-state index >= 15 is 0 Å². The number of aliphatic carboxylic acids is 1. The number of hydrogen-bond acceptors (Lipinski definition) is 5. The Kier molecular flexibility index (Phi) is 5.20. The van der Waals surface area contributed by atoms with Gasteiger partial charge < -0.3 is 24.2 Å². The minimum Gasteiger partial charge on any atom is -0.485 e. The van der Waals surface area contributed by atoms with Gasteiger partial charge in [-0.05, 0) is 25.0 Å². The van der Waals surface area contributed by atoms with Crippen LogP contribution in [-0.2, 0) is 14.3 Å². The van der Waals surface area contributed by atoms with E-state index in [9.17, 15) is 9.59 Å². The molecular weight excluding hydrogens is 314 g/mol. The smallest absolute Gasteiger partial charge is 0.305 e. The summed E-state index contributed by atoms with van der Waals surface area (Å²) in [6, 6.07) is 7.18. The summed E-state index contributed by atoms with van der Waals surface area (Å²) < 4.78 is 16.7. The third-order valence-electron chi connectivity index (χ3n) is 4.27. The molecule has 1 aromatic carbocycles. The van der Waals surface area contributed by atoms with Crippen LogP contribution in [0.2, 0.25) is 0 Å². The summed E-state index contributed by atoms with van der Waals surface area (Å²) >= 11 is 0. The van der Waals surface area contributed by atoms with E-state index in [0.29, 0.717) is 37.6 Å². The number of carbonyl (C=O) groups is 2. The number of rotatable bonds is 5. The molecular formula is C17H21NO6. The molecule has 1 amide bonds. The molecule has 0 saturated carbocycles. The van der Waals surface area contributed by atoms with E-state index in [0.717, 1.165) is 0 Å². The van der Waals surface area contributed by atoms with Crippen molar-refractivity contribution in [1.82, 2.24) is 4.90 Å². The topological polar surface area (TPSA) is 85.3 Å². The lowest BCUT2D eigenvalue weighted by Gasteiger charge is -2.37. The first-order valence-electron chi connectivity index (χ1n) is 8.13. The third kappa shape index (κ3) is 3.79. The number of carboxylic acid groups (broad SMARTS) is 1. The predicted molar refractivity (Wildman–Crippen MR) is 84.2 cm³/mol. The van der Waals surface area contributed by atoms with Crippen LogP contribution in [0.25, 0.3) is 0 Å². The number of nitrogens with zero attached hydrogens (tertiary/aromatic N) is 1. The highest BCUT2D eigenvalue weighted by Gasteiger charge is 2.35. The van der Waals surface area contributed by atoms with E-state index in [-0.39, 0.29) is 31.5 Å². The van der Waals surface area contributed by atoms with Gasteiger partial charge in [0.15, 0.2) is 11.5 Å². The molecule has 130 valence electrons. The number of carboxylic acids is 1. The zero-order chi connectivity index (χ0) is 16.9. The van der Waals surface area contributed by atoms with Gasteiger partial charge in [0.25, 0.3) is 5.91 Å². The van der Waals surface area contributed by atoms with E-state index in [1.54, 1.807) is 17.0 Å². The van der Waals surface area contributed by atoms with Crippen LogP contribution in [-0.4, -0.2) is 60.4 Å². The maximum atomic E-state index is 12.9. The van der Waals surface area contributed by atoms with Crippen LogP contribution in [0.4, 0.5) is 0 Å². The van der Waals surface area contributed by atoms with Gasteiger partial charge in [0.2, 0.25) is 6.10 Å².